The Morgan fingerprint density at radius 3 is 2.71 bits per heavy atom. The Kier molecular flexibility index (Phi) is 9.17. The van der Waals surface area contributed by atoms with Gasteiger partial charge in [-0.25, -0.2) is 4.98 Å². The summed E-state index contributed by atoms with van der Waals surface area (Å²) in [5.74, 6) is 1.03. The average molecular weight is 513 g/mol. The van der Waals surface area contributed by atoms with E-state index in [1.54, 1.807) is 18.4 Å². The molecule has 0 radical (unpaired) electrons. The largest absolute Gasteiger partial charge is 0.356 e. The lowest BCUT2D eigenvalue weighted by atomic mass is 10.1. The van der Waals surface area contributed by atoms with E-state index < -0.39 is 0 Å². The number of nitrogens with one attached hydrogen (secondary N) is 2. The topological polar surface area (TPSA) is 69.6 Å². The van der Waals surface area contributed by atoms with Crippen LogP contribution in [-0.2, 0) is 24.3 Å². The minimum Gasteiger partial charge on any atom is -0.356 e. The number of carbonyl (C=O) groups is 1. The highest BCUT2D eigenvalue weighted by atomic mass is 127. The summed E-state index contributed by atoms with van der Waals surface area (Å²) in [6, 6.07) is 8.27. The molecule has 1 aliphatic rings. The molecule has 3 rings (SSSR count). The molecule has 2 aromatic rings. The van der Waals surface area contributed by atoms with Crippen molar-refractivity contribution in [3.8, 4) is 0 Å². The summed E-state index contributed by atoms with van der Waals surface area (Å²) in [5, 5.41) is 9.91. The van der Waals surface area contributed by atoms with E-state index in [4.69, 9.17) is 0 Å². The monoisotopic (exact) mass is 513 g/mol. The van der Waals surface area contributed by atoms with Crippen LogP contribution in [0.25, 0.3) is 0 Å². The lowest BCUT2D eigenvalue weighted by molar-refractivity contribution is -0.128. The summed E-state index contributed by atoms with van der Waals surface area (Å²) in [7, 11) is 1.77. The first-order valence-electron chi connectivity index (χ1n) is 9.36. The second-order valence-corrected chi connectivity index (χ2v) is 7.71. The van der Waals surface area contributed by atoms with E-state index in [9.17, 15) is 4.79 Å². The number of aliphatic imine (C=N–C) groups is 1. The standard InChI is InChI=1S/C20H27N5OS.HI/c1-15-24-18(14-27-15)9-10-22-20(21-2)23-12-16-6-3-4-7-17(16)13-25-11-5-8-19(25)26;/h3-4,6-7,14H,5,8-13H2,1-2H3,(H2,21,22,23);1H. The van der Waals surface area contributed by atoms with E-state index in [0.717, 1.165) is 42.6 Å². The number of halogens is 1. The Bertz CT molecular complexity index is 807. The van der Waals surface area contributed by atoms with Crippen LogP contribution in [0.15, 0.2) is 34.6 Å². The minimum absolute atomic E-state index is 0. The number of aryl methyl sites for hydroxylation is 1. The molecule has 1 aromatic carbocycles. The first kappa shape index (κ1) is 22.6. The van der Waals surface area contributed by atoms with E-state index in [1.165, 1.54) is 11.1 Å². The summed E-state index contributed by atoms with van der Waals surface area (Å²) in [6.07, 6.45) is 2.52. The van der Waals surface area contributed by atoms with Gasteiger partial charge in [0.05, 0.1) is 10.7 Å². The molecule has 2 N–H and O–H groups in total. The zero-order chi connectivity index (χ0) is 19.1. The fourth-order valence-corrected chi connectivity index (χ4v) is 3.84. The lowest BCUT2D eigenvalue weighted by Crippen LogP contribution is -2.38. The van der Waals surface area contributed by atoms with E-state index in [2.05, 4.69) is 38.1 Å². The molecule has 0 unspecified atom stereocenters. The molecule has 1 fully saturated rings. The van der Waals surface area contributed by atoms with Gasteiger partial charge in [0, 0.05) is 51.4 Å². The van der Waals surface area contributed by atoms with Gasteiger partial charge < -0.3 is 15.5 Å². The van der Waals surface area contributed by atoms with Gasteiger partial charge in [-0.1, -0.05) is 24.3 Å². The number of likely N-dealkylation sites (tertiary alicyclic amines) is 1. The van der Waals surface area contributed by atoms with Crippen molar-refractivity contribution in [3.05, 3.63) is 51.5 Å². The predicted molar refractivity (Wildman–Crippen MR) is 125 cm³/mol. The van der Waals surface area contributed by atoms with Gasteiger partial charge in [0.15, 0.2) is 5.96 Å². The van der Waals surface area contributed by atoms with Gasteiger partial charge >= 0.3 is 0 Å². The highest BCUT2D eigenvalue weighted by Crippen LogP contribution is 2.17. The van der Waals surface area contributed by atoms with E-state index >= 15 is 0 Å². The van der Waals surface area contributed by atoms with Crippen LogP contribution in [0.5, 0.6) is 0 Å². The van der Waals surface area contributed by atoms with E-state index in [-0.39, 0.29) is 29.9 Å². The number of hydrogen-bond donors (Lipinski definition) is 2. The number of carbonyl (C=O) groups excluding carboxylic acids is 1. The molecular weight excluding hydrogens is 485 g/mol. The van der Waals surface area contributed by atoms with E-state index in [0.29, 0.717) is 19.5 Å². The van der Waals surface area contributed by atoms with Gasteiger partial charge in [-0.2, -0.15) is 0 Å². The summed E-state index contributed by atoms with van der Waals surface area (Å²) < 4.78 is 0. The van der Waals surface area contributed by atoms with E-state index in [1.807, 2.05) is 24.0 Å². The SMILES string of the molecule is CN=C(NCCc1csc(C)n1)NCc1ccccc1CN1CCCC1=O.I. The van der Waals surface area contributed by atoms with Gasteiger partial charge in [0.1, 0.15) is 0 Å². The van der Waals surface area contributed by atoms with Crippen molar-refractivity contribution in [1.29, 1.82) is 0 Å². The van der Waals surface area contributed by atoms with Crippen molar-refractivity contribution in [2.45, 2.75) is 39.3 Å². The number of nitrogens with zero attached hydrogens (tertiary/aromatic N) is 3. The van der Waals surface area contributed by atoms with Crippen LogP contribution in [0.2, 0.25) is 0 Å². The minimum atomic E-state index is 0. The van der Waals surface area contributed by atoms with Crippen LogP contribution in [0, 0.1) is 6.92 Å². The van der Waals surface area contributed by atoms with Crippen molar-refractivity contribution in [2.24, 2.45) is 4.99 Å². The summed E-state index contributed by atoms with van der Waals surface area (Å²) in [6.45, 7) is 5.03. The fourth-order valence-electron chi connectivity index (χ4n) is 3.19. The van der Waals surface area contributed by atoms with Gasteiger partial charge in [-0.05, 0) is 24.5 Å². The Hall–Kier alpha value is -1.68. The quantitative estimate of drug-likeness (QED) is 0.339. The molecule has 0 saturated carbocycles. The highest BCUT2D eigenvalue weighted by Gasteiger charge is 2.20. The molecule has 0 spiro atoms. The van der Waals surface area contributed by atoms with Crippen LogP contribution in [0.1, 0.15) is 34.7 Å². The summed E-state index contributed by atoms with van der Waals surface area (Å²) in [5.41, 5.74) is 3.49. The number of amides is 1. The number of thiazole rings is 1. The van der Waals surface area contributed by atoms with Gasteiger partial charge in [0.25, 0.3) is 0 Å². The zero-order valence-electron chi connectivity index (χ0n) is 16.4. The third kappa shape index (κ3) is 6.44. The molecule has 28 heavy (non-hydrogen) atoms. The number of benzene rings is 1. The molecule has 1 saturated heterocycles. The molecule has 152 valence electrons. The van der Waals surface area contributed by atoms with Gasteiger partial charge in [-0.3, -0.25) is 9.79 Å². The van der Waals surface area contributed by atoms with Gasteiger partial charge in [-0.15, -0.1) is 35.3 Å². The molecular formula is C20H28IN5OS. The van der Waals surface area contributed by atoms with Crippen LogP contribution >= 0.6 is 35.3 Å². The number of hydrogen-bond acceptors (Lipinski definition) is 4. The molecule has 1 aliphatic heterocycles. The molecule has 0 aliphatic carbocycles. The smallest absolute Gasteiger partial charge is 0.222 e. The van der Waals surface area contributed by atoms with Gasteiger partial charge in [0.2, 0.25) is 5.91 Å². The first-order valence-corrected chi connectivity index (χ1v) is 10.2. The van der Waals surface area contributed by atoms with Crippen LogP contribution in [0.4, 0.5) is 0 Å². The maximum Gasteiger partial charge on any atom is 0.222 e. The highest BCUT2D eigenvalue weighted by molar-refractivity contribution is 14.0. The third-order valence-electron chi connectivity index (χ3n) is 4.66. The molecule has 2 heterocycles. The maximum absolute atomic E-state index is 11.9. The van der Waals surface area contributed by atoms with Crippen LogP contribution < -0.4 is 10.6 Å². The normalized spacial score (nSPS) is 14.1. The van der Waals surface area contributed by atoms with Crippen molar-refractivity contribution in [2.75, 3.05) is 20.1 Å². The molecule has 1 amide bonds. The maximum atomic E-state index is 11.9. The molecule has 8 heteroatoms. The average Bonchev–Trinajstić information content (AvgIpc) is 3.27. The Morgan fingerprint density at radius 1 is 1.29 bits per heavy atom. The van der Waals surface area contributed by atoms with Crippen molar-refractivity contribution >= 4 is 47.2 Å². The Morgan fingerprint density at radius 2 is 2.07 bits per heavy atom. The lowest BCUT2D eigenvalue weighted by Gasteiger charge is -2.19. The van der Waals surface area contributed by atoms with Crippen molar-refractivity contribution < 1.29 is 4.79 Å². The Balaban J connectivity index is 0.00000280. The zero-order valence-corrected chi connectivity index (χ0v) is 19.5. The molecule has 1 aromatic heterocycles. The molecule has 0 bridgehead atoms. The Labute approximate surface area is 187 Å². The number of rotatable bonds is 7. The first-order chi connectivity index (χ1) is 13.2. The van der Waals surface area contributed by atoms with Crippen molar-refractivity contribution in [1.82, 2.24) is 20.5 Å². The second kappa shape index (κ2) is 11.4. The predicted octanol–water partition coefficient (Wildman–Crippen LogP) is 3.10. The molecule has 0 atom stereocenters. The second-order valence-electron chi connectivity index (χ2n) is 6.65. The van der Waals surface area contributed by atoms with Crippen molar-refractivity contribution in [3.63, 3.8) is 0 Å². The number of guanidine groups is 1. The third-order valence-corrected chi connectivity index (χ3v) is 5.48. The molecule has 6 nitrogen and oxygen atoms in total. The van der Waals surface area contributed by atoms with Crippen LogP contribution in [0.3, 0.4) is 0 Å². The van der Waals surface area contributed by atoms with Crippen LogP contribution in [-0.4, -0.2) is 41.9 Å². The number of aromatic nitrogens is 1. The summed E-state index contributed by atoms with van der Waals surface area (Å²) >= 11 is 1.68. The summed E-state index contributed by atoms with van der Waals surface area (Å²) in [4.78, 5) is 22.6. The fraction of sp³-hybridized carbons (Fsp3) is 0.450.